The molecule has 1 atom stereocenters. The molecule has 1 aromatic carbocycles. The lowest BCUT2D eigenvalue weighted by Crippen LogP contribution is -2.44. The number of amides is 1. The highest BCUT2D eigenvalue weighted by molar-refractivity contribution is 5.80. The fourth-order valence-electron chi connectivity index (χ4n) is 2.17. The molecule has 1 aliphatic rings. The van der Waals surface area contributed by atoms with Gasteiger partial charge >= 0.3 is 5.97 Å². The lowest BCUT2D eigenvalue weighted by molar-refractivity contribution is -0.140. The average molecular weight is 294 g/mol. The van der Waals surface area contributed by atoms with E-state index in [1.807, 2.05) is 0 Å². The Hall–Kier alpha value is -1.95. The van der Waals surface area contributed by atoms with Crippen molar-refractivity contribution < 1.29 is 19.1 Å². The summed E-state index contributed by atoms with van der Waals surface area (Å²) < 4.78 is 13.1. The van der Waals surface area contributed by atoms with Crippen molar-refractivity contribution in [2.75, 3.05) is 6.54 Å². The number of carbonyl (C=O) groups excluding carboxylic acids is 1. The largest absolute Gasteiger partial charge is 0.480 e. The van der Waals surface area contributed by atoms with Crippen molar-refractivity contribution in [3.05, 3.63) is 35.1 Å². The van der Waals surface area contributed by atoms with E-state index in [4.69, 9.17) is 5.11 Å². The summed E-state index contributed by atoms with van der Waals surface area (Å²) in [6.07, 6.45) is 1.78. The van der Waals surface area contributed by atoms with Crippen LogP contribution in [0.4, 0.5) is 4.39 Å². The number of hydrogen-bond acceptors (Lipinski definition) is 3. The number of rotatable bonds is 7. The molecule has 1 fully saturated rings. The Morgan fingerprint density at radius 2 is 2.14 bits per heavy atom. The second-order valence-electron chi connectivity index (χ2n) is 5.39. The highest BCUT2D eigenvalue weighted by atomic mass is 19.1. The molecule has 0 aromatic heterocycles. The molecular weight excluding hydrogens is 275 g/mol. The molecule has 114 valence electrons. The molecule has 0 bridgehead atoms. The Morgan fingerprint density at radius 1 is 1.43 bits per heavy atom. The summed E-state index contributed by atoms with van der Waals surface area (Å²) in [7, 11) is 0. The highest BCUT2D eigenvalue weighted by Gasteiger charge is 2.36. The molecule has 1 saturated carbocycles. The van der Waals surface area contributed by atoms with Crippen molar-refractivity contribution in [1.29, 1.82) is 0 Å². The van der Waals surface area contributed by atoms with Crippen molar-refractivity contribution in [1.82, 2.24) is 10.6 Å². The van der Waals surface area contributed by atoms with Gasteiger partial charge in [-0.2, -0.15) is 0 Å². The molecule has 5 nitrogen and oxygen atoms in total. The Morgan fingerprint density at radius 3 is 2.71 bits per heavy atom. The second kappa shape index (κ2) is 6.67. The predicted octanol–water partition coefficient (Wildman–Crippen LogP) is 1.20. The zero-order valence-corrected chi connectivity index (χ0v) is 11.9. The molecule has 1 unspecified atom stereocenters. The Kier molecular flexibility index (Phi) is 4.90. The van der Waals surface area contributed by atoms with Crippen LogP contribution in [0, 0.1) is 18.7 Å². The molecule has 0 spiro atoms. The minimum Gasteiger partial charge on any atom is -0.480 e. The van der Waals surface area contributed by atoms with Gasteiger partial charge in [-0.15, -0.1) is 0 Å². The van der Waals surface area contributed by atoms with Crippen LogP contribution in [0.3, 0.4) is 0 Å². The van der Waals surface area contributed by atoms with Gasteiger partial charge in [0.2, 0.25) is 5.91 Å². The topological polar surface area (TPSA) is 78.4 Å². The van der Waals surface area contributed by atoms with Gasteiger partial charge in [-0.1, -0.05) is 12.1 Å². The first-order chi connectivity index (χ1) is 9.97. The van der Waals surface area contributed by atoms with Crippen molar-refractivity contribution >= 4 is 11.9 Å². The standard InChI is InChI=1S/C15H19FN2O3/c1-9-6-10(2-5-12(9)16)7-17-13(19)8-18-14(15(20)21)11-3-4-11/h2,5-6,11,14,18H,3-4,7-8H2,1H3,(H,17,19)(H,20,21). The molecule has 6 heteroatoms. The summed E-state index contributed by atoms with van der Waals surface area (Å²) in [6.45, 7) is 1.92. The third kappa shape index (κ3) is 4.53. The summed E-state index contributed by atoms with van der Waals surface area (Å²) in [5.41, 5.74) is 1.33. The molecule has 0 radical (unpaired) electrons. The zero-order valence-electron chi connectivity index (χ0n) is 11.9. The van der Waals surface area contributed by atoms with Crippen LogP contribution in [-0.4, -0.2) is 29.6 Å². The Bertz CT molecular complexity index is 544. The van der Waals surface area contributed by atoms with Crippen molar-refractivity contribution in [3.63, 3.8) is 0 Å². The van der Waals surface area contributed by atoms with Crippen LogP contribution in [0.15, 0.2) is 18.2 Å². The molecule has 0 heterocycles. The molecule has 2 rings (SSSR count). The van der Waals surface area contributed by atoms with Crippen LogP contribution in [0.1, 0.15) is 24.0 Å². The molecule has 0 aliphatic heterocycles. The van der Waals surface area contributed by atoms with E-state index in [9.17, 15) is 14.0 Å². The third-order valence-electron chi connectivity index (χ3n) is 3.55. The van der Waals surface area contributed by atoms with E-state index in [2.05, 4.69) is 10.6 Å². The molecule has 1 aromatic rings. The van der Waals surface area contributed by atoms with Gasteiger partial charge in [0.1, 0.15) is 11.9 Å². The maximum Gasteiger partial charge on any atom is 0.320 e. The average Bonchev–Trinajstić information content (AvgIpc) is 3.24. The van der Waals surface area contributed by atoms with Gasteiger partial charge in [0.05, 0.1) is 6.54 Å². The summed E-state index contributed by atoms with van der Waals surface area (Å²) in [6, 6.07) is 4.00. The fraction of sp³-hybridized carbons (Fsp3) is 0.467. The number of benzene rings is 1. The lowest BCUT2D eigenvalue weighted by Gasteiger charge is -2.13. The van der Waals surface area contributed by atoms with Crippen molar-refractivity contribution in [2.24, 2.45) is 5.92 Å². The summed E-state index contributed by atoms with van der Waals surface area (Å²) >= 11 is 0. The normalized spacial score (nSPS) is 15.5. The SMILES string of the molecule is Cc1cc(CNC(=O)CNC(C(=O)O)C2CC2)ccc1F. The first-order valence-corrected chi connectivity index (χ1v) is 6.95. The number of halogens is 1. The Labute approximate surface area is 122 Å². The van der Waals surface area contributed by atoms with Gasteiger partial charge in [0, 0.05) is 6.54 Å². The van der Waals surface area contributed by atoms with Crippen LogP contribution in [0.25, 0.3) is 0 Å². The number of carbonyl (C=O) groups is 2. The molecule has 21 heavy (non-hydrogen) atoms. The van der Waals surface area contributed by atoms with Crippen LogP contribution in [-0.2, 0) is 16.1 Å². The number of carboxylic acid groups (broad SMARTS) is 1. The maximum atomic E-state index is 13.1. The third-order valence-corrected chi connectivity index (χ3v) is 3.55. The Balaban J connectivity index is 1.76. The first kappa shape index (κ1) is 15.4. The molecule has 3 N–H and O–H groups in total. The summed E-state index contributed by atoms with van der Waals surface area (Å²) in [5.74, 6) is -1.33. The van der Waals surface area contributed by atoms with Gasteiger partial charge in [-0.25, -0.2) is 4.39 Å². The fourth-order valence-corrected chi connectivity index (χ4v) is 2.17. The van der Waals surface area contributed by atoms with Gasteiger partial charge < -0.3 is 10.4 Å². The first-order valence-electron chi connectivity index (χ1n) is 6.95. The smallest absolute Gasteiger partial charge is 0.320 e. The molecule has 0 saturated heterocycles. The molecule has 1 amide bonds. The minimum atomic E-state index is -0.917. The van der Waals surface area contributed by atoms with E-state index in [1.54, 1.807) is 19.1 Å². The minimum absolute atomic E-state index is 0.0341. The number of hydrogen-bond donors (Lipinski definition) is 3. The molecule has 1 aliphatic carbocycles. The second-order valence-corrected chi connectivity index (χ2v) is 5.39. The maximum absolute atomic E-state index is 13.1. The number of aliphatic carboxylic acids is 1. The van der Waals surface area contributed by atoms with Crippen molar-refractivity contribution in [3.8, 4) is 0 Å². The van der Waals surface area contributed by atoms with Crippen LogP contribution in [0.5, 0.6) is 0 Å². The van der Waals surface area contributed by atoms with E-state index in [0.717, 1.165) is 18.4 Å². The van der Waals surface area contributed by atoms with Crippen LogP contribution >= 0.6 is 0 Å². The lowest BCUT2D eigenvalue weighted by atomic mass is 10.1. The monoisotopic (exact) mass is 294 g/mol. The van der Waals surface area contributed by atoms with Crippen LogP contribution < -0.4 is 10.6 Å². The summed E-state index contributed by atoms with van der Waals surface area (Å²) in [5, 5.41) is 14.5. The van der Waals surface area contributed by atoms with Gasteiger partial charge in [0.25, 0.3) is 0 Å². The number of nitrogens with one attached hydrogen (secondary N) is 2. The van der Waals surface area contributed by atoms with E-state index in [-0.39, 0.29) is 24.2 Å². The quantitative estimate of drug-likeness (QED) is 0.706. The van der Waals surface area contributed by atoms with E-state index < -0.39 is 12.0 Å². The van der Waals surface area contributed by atoms with E-state index in [0.29, 0.717) is 12.1 Å². The highest BCUT2D eigenvalue weighted by Crippen LogP contribution is 2.32. The number of aryl methyl sites for hydroxylation is 1. The van der Waals surface area contributed by atoms with E-state index >= 15 is 0 Å². The zero-order chi connectivity index (χ0) is 15.4. The summed E-state index contributed by atoms with van der Waals surface area (Å²) in [4.78, 5) is 22.7. The number of carboxylic acids is 1. The van der Waals surface area contributed by atoms with E-state index in [1.165, 1.54) is 6.07 Å². The molecular formula is C15H19FN2O3. The van der Waals surface area contributed by atoms with Crippen molar-refractivity contribution in [2.45, 2.75) is 32.4 Å². The van der Waals surface area contributed by atoms with Gasteiger partial charge in [-0.3, -0.25) is 14.9 Å². The predicted molar refractivity (Wildman–Crippen MR) is 75.1 cm³/mol. The van der Waals surface area contributed by atoms with Gasteiger partial charge in [-0.05, 0) is 42.9 Å². The van der Waals surface area contributed by atoms with Gasteiger partial charge in [0.15, 0.2) is 0 Å². The van der Waals surface area contributed by atoms with Crippen LogP contribution in [0.2, 0.25) is 0 Å².